The Hall–Kier alpha value is -2.28. The second-order valence-corrected chi connectivity index (χ2v) is 4.96. The zero-order valence-corrected chi connectivity index (χ0v) is 11.4. The standard InChI is InChI=1S/C14H16N2O5/c17-4-3-15-14(19)9-5-13(18)16(7-9)10-1-2-11-12(6-10)21-8-20-11/h1-2,6,9,17H,3-5,7-8H2,(H,15,19). The molecule has 0 bridgehead atoms. The van der Waals surface area contributed by atoms with Gasteiger partial charge in [-0.1, -0.05) is 0 Å². The van der Waals surface area contributed by atoms with Gasteiger partial charge in [0.25, 0.3) is 0 Å². The number of anilines is 1. The van der Waals surface area contributed by atoms with E-state index in [1.165, 1.54) is 0 Å². The first kappa shape index (κ1) is 13.7. The summed E-state index contributed by atoms with van der Waals surface area (Å²) < 4.78 is 10.5. The average molecular weight is 292 g/mol. The van der Waals surface area contributed by atoms with E-state index in [-0.39, 0.29) is 38.2 Å². The molecule has 3 rings (SSSR count). The summed E-state index contributed by atoms with van der Waals surface area (Å²) >= 11 is 0. The van der Waals surface area contributed by atoms with Crippen LogP contribution in [-0.2, 0) is 9.59 Å². The minimum Gasteiger partial charge on any atom is -0.454 e. The number of amides is 2. The molecule has 2 N–H and O–H groups in total. The molecular weight excluding hydrogens is 276 g/mol. The molecule has 0 saturated carbocycles. The number of rotatable bonds is 4. The lowest BCUT2D eigenvalue weighted by Gasteiger charge is -2.17. The first-order valence-corrected chi connectivity index (χ1v) is 6.77. The Bertz CT molecular complexity index is 574. The molecule has 0 radical (unpaired) electrons. The molecule has 7 nitrogen and oxygen atoms in total. The van der Waals surface area contributed by atoms with Crippen LogP contribution in [0.15, 0.2) is 18.2 Å². The molecule has 0 aliphatic carbocycles. The first-order chi connectivity index (χ1) is 10.2. The summed E-state index contributed by atoms with van der Waals surface area (Å²) in [6.07, 6.45) is 0.172. The fourth-order valence-corrected chi connectivity index (χ4v) is 2.51. The molecule has 112 valence electrons. The maximum absolute atomic E-state index is 12.1. The molecule has 1 aromatic rings. The molecule has 1 aromatic carbocycles. The van der Waals surface area contributed by atoms with Crippen LogP contribution in [0.5, 0.6) is 11.5 Å². The van der Waals surface area contributed by atoms with E-state index in [0.29, 0.717) is 23.7 Å². The highest BCUT2D eigenvalue weighted by Gasteiger charge is 2.35. The van der Waals surface area contributed by atoms with Gasteiger partial charge in [0, 0.05) is 31.3 Å². The van der Waals surface area contributed by atoms with Crippen LogP contribution >= 0.6 is 0 Å². The van der Waals surface area contributed by atoms with E-state index in [1.54, 1.807) is 23.1 Å². The fraction of sp³-hybridized carbons (Fsp3) is 0.429. The predicted molar refractivity (Wildman–Crippen MR) is 73.1 cm³/mol. The van der Waals surface area contributed by atoms with Gasteiger partial charge in [0.2, 0.25) is 18.6 Å². The highest BCUT2D eigenvalue weighted by molar-refractivity contribution is 6.00. The van der Waals surface area contributed by atoms with Gasteiger partial charge in [-0.25, -0.2) is 0 Å². The maximum atomic E-state index is 12.1. The summed E-state index contributed by atoms with van der Waals surface area (Å²) in [5.74, 6) is 0.559. The van der Waals surface area contributed by atoms with E-state index < -0.39 is 5.92 Å². The van der Waals surface area contributed by atoms with E-state index in [9.17, 15) is 9.59 Å². The van der Waals surface area contributed by atoms with Crippen LogP contribution < -0.4 is 19.7 Å². The van der Waals surface area contributed by atoms with Crippen molar-refractivity contribution in [2.45, 2.75) is 6.42 Å². The lowest BCUT2D eigenvalue weighted by Crippen LogP contribution is -2.34. The minimum atomic E-state index is -0.394. The van der Waals surface area contributed by atoms with Crippen LogP contribution in [0, 0.1) is 5.92 Å². The largest absolute Gasteiger partial charge is 0.454 e. The maximum Gasteiger partial charge on any atom is 0.231 e. The SMILES string of the molecule is O=C(NCCO)C1CC(=O)N(c2ccc3c(c2)OCO3)C1. The number of ether oxygens (including phenoxy) is 2. The van der Waals surface area contributed by atoms with Crippen molar-refractivity contribution in [3.05, 3.63) is 18.2 Å². The summed E-state index contributed by atoms with van der Waals surface area (Å²) in [5.41, 5.74) is 0.696. The summed E-state index contributed by atoms with van der Waals surface area (Å²) in [7, 11) is 0. The van der Waals surface area contributed by atoms with Crippen molar-refractivity contribution < 1.29 is 24.2 Å². The number of hydrogen-bond donors (Lipinski definition) is 2. The Morgan fingerprint density at radius 1 is 1.38 bits per heavy atom. The molecule has 1 fully saturated rings. The van der Waals surface area contributed by atoms with E-state index in [2.05, 4.69) is 5.32 Å². The highest BCUT2D eigenvalue weighted by Crippen LogP contribution is 2.37. The zero-order valence-electron chi connectivity index (χ0n) is 11.4. The molecule has 1 unspecified atom stereocenters. The van der Waals surface area contributed by atoms with E-state index >= 15 is 0 Å². The summed E-state index contributed by atoms with van der Waals surface area (Å²) in [5, 5.41) is 11.3. The van der Waals surface area contributed by atoms with Crippen molar-refractivity contribution in [3.63, 3.8) is 0 Å². The number of fused-ring (bicyclic) bond motifs is 1. The van der Waals surface area contributed by atoms with Gasteiger partial charge >= 0.3 is 0 Å². The molecule has 21 heavy (non-hydrogen) atoms. The van der Waals surface area contributed by atoms with Crippen LogP contribution in [0.25, 0.3) is 0 Å². The predicted octanol–water partition coefficient (Wildman–Crippen LogP) is -0.123. The van der Waals surface area contributed by atoms with E-state index in [1.807, 2.05) is 0 Å². The third kappa shape index (κ3) is 2.64. The summed E-state index contributed by atoms with van der Waals surface area (Å²) in [6.45, 7) is 0.598. The second kappa shape index (κ2) is 5.61. The van der Waals surface area contributed by atoms with Crippen LogP contribution in [0.1, 0.15) is 6.42 Å². The number of carbonyl (C=O) groups is 2. The van der Waals surface area contributed by atoms with Crippen molar-refractivity contribution >= 4 is 17.5 Å². The Balaban J connectivity index is 1.72. The summed E-state index contributed by atoms with van der Waals surface area (Å²) in [4.78, 5) is 25.5. The van der Waals surface area contributed by atoms with Crippen LogP contribution in [0.3, 0.4) is 0 Å². The van der Waals surface area contributed by atoms with Gasteiger partial charge in [-0.2, -0.15) is 0 Å². The van der Waals surface area contributed by atoms with Crippen LogP contribution in [0.2, 0.25) is 0 Å². The van der Waals surface area contributed by atoms with Crippen molar-refractivity contribution in [2.24, 2.45) is 5.92 Å². The van der Waals surface area contributed by atoms with Gasteiger partial charge in [-0.3, -0.25) is 9.59 Å². The minimum absolute atomic E-state index is 0.0991. The topological polar surface area (TPSA) is 88.1 Å². The average Bonchev–Trinajstić information content (AvgIpc) is 3.10. The summed E-state index contributed by atoms with van der Waals surface area (Å²) in [6, 6.07) is 5.28. The molecule has 1 saturated heterocycles. The Morgan fingerprint density at radius 3 is 3.00 bits per heavy atom. The Morgan fingerprint density at radius 2 is 2.19 bits per heavy atom. The second-order valence-electron chi connectivity index (χ2n) is 4.96. The zero-order chi connectivity index (χ0) is 14.8. The number of aliphatic hydroxyl groups excluding tert-OH is 1. The molecule has 1 atom stereocenters. The van der Waals surface area contributed by atoms with Crippen molar-refractivity contribution in [3.8, 4) is 11.5 Å². The van der Waals surface area contributed by atoms with Crippen molar-refractivity contribution in [1.29, 1.82) is 0 Å². The number of nitrogens with one attached hydrogen (secondary N) is 1. The van der Waals surface area contributed by atoms with Gasteiger partial charge in [0.05, 0.1) is 12.5 Å². The third-order valence-corrected chi connectivity index (χ3v) is 3.57. The number of hydrogen-bond acceptors (Lipinski definition) is 5. The molecule has 2 aliphatic rings. The molecule has 0 spiro atoms. The molecule has 0 aromatic heterocycles. The van der Waals surface area contributed by atoms with Gasteiger partial charge < -0.3 is 24.8 Å². The van der Waals surface area contributed by atoms with Crippen LogP contribution in [0.4, 0.5) is 5.69 Å². The monoisotopic (exact) mass is 292 g/mol. The molecular formula is C14H16N2O5. The van der Waals surface area contributed by atoms with Gasteiger partial charge in [0.15, 0.2) is 11.5 Å². The molecule has 2 amide bonds. The molecule has 2 heterocycles. The van der Waals surface area contributed by atoms with Crippen LogP contribution in [-0.4, -0.2) is 43.4 Å². The lowest BCUT2D eigenvalue weighted by atomic mass is 10.1. The first-order valence-electron chi connectivity index (χ1n) is 6.77. The molecule has 2 aliphatic heterocycles. The van der Waals surface area contributed by atoms with Crippen molar-refractivity contribution in [2.75, 3.05) is 31.4 Å². The third-order valence-electron chi connectivity index (χ3n) is 3.57. The Labute approximate surface area is 121 Å². The van der Waals surface area contributed by atoms with E-state index in [4.69, 9.17) is 14.6 Å². The number of nitrogens with zero attached hydrogens (tertiary/aromatic N) is 1. The number of benzene rings is 1. The van der Waals surface area contributed by atoms with Crippen molar-refractivity contribution in [1.82, 2.24) is 5.32 Å². The van der Waals surface area contributed by atoms with Gasteiger partial charge in [0.1, 0.15) is 0 Å². The van der Waals surface area contributed by atoms with E-state index in [0.717, 1.165) is 0 Å². The smallest absolute Gasteiger partial charge is 0.231 e. The highest BCUT2D eigenvalue weighted by atomic mass is 16.7. The van der Waals surface area contributed by atoms with Gasteiger partial charge in [-0.15, -0.1) is 0 Å². The number of aliphatic hydroxyl groups is 1. The Kier molecular flexibility index (Phi) is 3.66. The van der Waals surface area contributed by atoms with Gasteiger partial charge in [-0.05, 0) is 12.1 Å². The lowest BCUT2D eigenvalue weighted by molar-refractivity contribution is -0.126. The molecule has 7 heteroatoms. The quantitative estimate of drug-likeness (QED) is 0.807. The fourth-order valence-electron chi connectivity index (χ4n) is 2.51. The number of carbonyl (C=O) groups excluding carboxylic acids is 2. The normalized spacial score (nSPS) is 20.0.